The van der Waals surface area contributed by atoms with Crippen molar-refractivity contribution in [2.24, 2.45) is 16.7 Å². The van der Waals surface area contributed by atoms with Crippen LogP contribution in [0.5, 0.6) is 0 Å². The molecule has 0 saturated carbocycles. The smallest absolute Gasteiger partial charge is 0.238 e. The number of hydrogen-bond donors (Lipinski definition) is 2. The van der Waals surface area contributed by atoms with Crippen molar-refractivity contribution >= 4 is 28.5 Å². The van der Waals surface area contributed by atoms with Gasteiger partial charge in [-0.25, -0.2) is 0 Å². The van der Waals surface area contributed by atoms with Gasteiger partial charge in [-0.15, -0.1) is 0 Å². The average Bonchev–Trinajstić information content (AvgIpc) is 2.42. The number of hydrogen-bond acceptors (Lipinski definition) is 5. The molecule has 0 aliphatic heterocycles. The van der Waals surface area contributed by atoms with Gasteiger partial charge in [-0.2, -0.15) is 10.4 Å². The van der Waals surface area contributed by atoms with E-state index < -0.39 is 0 Å². The molecule has 94 valence electrons. The van der Waals surface area contributed by atoms with Crippen molar-refractivity contribution in [1.82, 2.24) is 0 Å². The van der Waals surface area contributed by atoms with Crippen molar-refractivity contribution in [3.8, 4) is 6.07 Å². The molecule has 1 aromatic rings. The third-order valence-electron chi connectivity index (χ3n) is 2.07. The standard InChI is InChI=1S/C11H13N5OS/c12-6-7-16(9-4-2-1-3-5-9)10(17)8-18-11(13)15-14/h1-5H,7-8,14H2,(H2,13,15). The van der Waals surface area contributed by atoms with E-state index in [1.54, 1.807) is 24.3 Å². The van der Waals surface area contributed by atoms with Crippen LogP contribution in [0.2, 0.25) is 0 Å². The molecule has 4 N–H and O–H groups in total. The van der Waals surface area contributed by atoms with Gasteiger partial charge in [0.1, 0.15) is 6.54 Å². The summed E-state index contributed by atoms with van der Waals surface area (Å²) < 4.78 is 0. The Morgan fingerprint density at radius 3 is 2.67 bits per heavy atom. The van der Waals surface area contributed by atoms with Crippen LogP contribution in [0, 0.1) is 11.3 Å². The van der Waals surface area contributed by atoms with Crippen LogP contribution in [0.1, 0.15) is 0 Å². The molecule has 7 heteroatoms. The van der Waals surface area contributed by atoms with Gasteiger partial charge in [-0.1, -0.05) is 30.0 Å². The summed E-state index contributed by atoms with van der Waals surface area (Å²) in [5.74, 6) is 4.83. The first-order valence-electron chi connectivity index (χ1n) is 5.07. The molecule has 0 bridgehead atoms. The molecule has 18 heavy (non-hydrogen) atoms. The summed E-state index contributed by atoms with van der Waals surface area (Å²) in [4.78, 5) is 13.3. The normalized spacial score (nSPS) is 10.7. The fourth-order valence-corrected chi connectivity index (χ4v) is 1.75. The number of benzene rings is 1. The molecule has 0 atom stereocenters. The molecule has 0 fully saturated rings. The maximum Gasteiger partial charge on any atom is 0.238 e. The predicted molar refractivity (Wildman–Crippen MR) is 72.7 cm³/mol. The lowest BCUT2D eigenvalue weighted by molar-refractivity contribution is -0.116. The minimum absolute atomic E-state index is 0.0108. The van der Waals surface area contributed by atoms with Gasteiger partial charge in [-0.05, 0) is 12.1 Å². The minimum atomic E-state index is -0.223. The first-order valence-corrected chi connectivity index (χ1v) is 6.06. The summed E-state index contributed by atoms with van der Waals surface area (Å²) in [7, 11) is 0. The summed E-state index contributed by atoms with van der Waals surface area (Å²) in [6.07, 6.45) is 0. The van der Waals surface area contributed by atoms with Crippen LogP contribution < -0.4 is 16.5 Å². The number of rotatable bonds is 4. The second kappa shape index (κ2) is 7.19. The zero-order valence-electron chi connectivity index (χ0n) is 9.61. The molecular weight excluding hydrogens is 250 g/mol. The van der Waals surface area contributed by atoms with Crippen molar-refractivity contribution in [1.29, 1.82) is 5.26 Å². The number of nitrogens with two attached hydrogens (primary N) is 2. The molecule has 1 aromatic carbocycles. The van der Waals surface area contributed by atoms with Gasteiger partial charge in [0.15, 0.2) is 5.17 Å². The predicted octanol–water partition coefficient (Wildman–Crippen LogP) is 0.465. The maximum atomic E-state index is 12.0. The topological polar surface area (TPSA) is 108 Å². The van der Waals surface area contributed by atoms with E-state index in [2.05, 4.69) is 5.10 Å². The van der Waals surface area contributed by atoms with E-state index in [-0.39, 0.29) is 23.4 Å². The van der Waals surface area contributed by atoms with Gasteiger partial charge in [0.25, 0.3) is 0 Å². The summed E-state index contributed by atoms with van der Waals surface area (Å²) in [6.45, 7) is -0.0108. The average molecular weight is 263 g/mol. The van der Waals surface area contributed by atoms with Gasteiger partial charge < -0.3 is 11.6 Å². The van der Waals surface area contributed by atoms with Crippen LogP contribution in [0.25, 0.3) is 0 Å². The Labute approximate surface area is 109 Å². The third-order valence-corrected chi connectivity index (χ3v) is 2.86. The highest BCUT2D eigenvalue weighted by atomic mass is 32.2. The Morgan fingerprint density at radius 1 is 1.44 bits per heavy atom. The van der Waals surface area contributed by atoms with E-state index in [1.165, 1.54) is 4.90 Å². The Kier molecular flexibility index (Phi) is 5.54. The highest BCUT2D eigenvalue weighted by Crippen LogP contribution is 2.14. The second-order valence-corrected chi connectivity index (χ2v) is 4.23. The van der Waals surface area contributed by atoms with E-state index in [4.69, 9.17) is 16.8 Å². The van der Waals surface area contributed by atoms with E-state index in [1.807, 2.05) is 12.1 Å². The Morgan fingerprint density at radius 2 is 2.11 bits per heavy atom. The zero-order chi connectivity index (χ0) is 13.4. The lowest BCUT2D eigenvalue weighted by Gasteiger charge is -2.19. The Hall–Kier alpha value is -2.20. The van der Waals surface area contributed by atoms with Gasteiger partial charge in [0, 0.05) is 5.69 Å². The van der Waals surface area contributed by atoms with E-state index in [0.717, 1.165) is 11.8 Å². The van der Waals surface area contributed by atoms with Crippen LogP contribution in [0.4, 0.5) is 5.69 Å². The molecule has 0 radical (unpaired) electrons. The van der Waals surface area contributed by atoms with Crippen LogP contribution in [0.3, 0.4) is 0 Å². The summed E-state index contributed by atoms with van der Waals surface area (Å²) in [5, 5.41) is 12.1. The number of amidine groups is 1. The van der Waals surface area contributed by atoms with Gasteiger partial charge in [-0.3, -0.25) is 9.69 Å². The number of amides is 1. The maximum absolute atomic E-state index is 12.0. The molecule has 0 saturated heterocycles. The molecule has 0 aromatic heterocycles. The van der Waals surface area contributed by atoms with Crippen molar-refractivity contribution < 1.29 is 4.79 Å². The van der Waals surface area contributed by atoms with Crippen LogP contribution in [-0.4, -0.2) is 23.4 Å². The third kappa shape index (κ3) is 3.99. The monoisotopic (exact) mass is 263 g/mol. The quantitative estimate of drug-likeness (QED) is 0.270. The van der Waals surface area contributed by atoms with E-state index in [0.29, 0.717) is 5.69 Å². The first-order chi connectivity index (χ1) is 8.69. The molecule has 1 rings (SSSR count). The summed E-state index contributed by atoms with van der Waals surface area (Å²) in [5.41, 5.74) is 6.06. The highest BCUT2D eigenvalue weighted by Gasteiger charge is 2.15. The lowest BCUT2D eigenvalue weighted by atomic mass is 10.3. The number of carbonyl (C=O) groups excluding carboxylic acids is 1. The zero-order valence-corrected chi connectivity index (χ0v) is 10.4. The van der Waals surface area contributed by atoms with Crippen LogP contribution in [-0.2, 0) is 4.79 Å². The van der Waals surface area contributed by atoms with Gasteiger partial charge >= 0.3 is 0 Å². The number of anilines is 1. The number of hydrazone groups is 1. The van der Waals surface area contributed by atoms with Crippen molar-refractivity contribution in [3.63, 3.8) is 0 Å². The number of nitriles is 1. The number of carbonyl (C=O) groups is 1. The first kappa shape index (κ1) is 13.9. The van der Waals surface area contributed by atoms with E-state index >= 15 is 0 Å². The SMILES string of the molecule is N#CCN(C(=O)CSC(N)=NN)c1ccccc1. The fourth-order valence-electron chi connectivity index (χ4n) is 1.25. The number of thioether (sulfide) groups is 1. The second-order valence-electron chi connectivity index (χ2n) is 3.23. The van der Waals surface area contributed by atoms with Crippen LogP contribution in [0.15, 0.2) is 35.4 Å². The molecule has 0 aliphatic rings. The molecule has 0 unspecified atom stereocenters. The van der Waals surface area contributed by atoms with Gasteiger partial charge in [0.2, 0.25) is 5.91 Å². The fraction of sp³-hybridized carbons (Fsp3) is 0.182. The molecule has 0 heterocycles. The molecule has 6 nitrogen and oxygen atoms in total. The Balaban J connectivity index is 2.74. The lowest BCUT2D eigenvalue weighted by Crippen LogP contribution is -2.33. The molecule has 0 spiro atoms. The number of para-hydroxylation sites is 1. The minimum Gasteiger partial charge on any atom is -0.377 e. The Bertz CT molecular complexity index is 468. The van der Waals surface area contributed by atoms with Gasteiger partial charge in [0.05, 0.1) is 11.8 Å². The van der Waals surface area contributed by atoms with Crippen molar-refractivity contribution in [2.75, 3.05) is 17.2 Å². The summed E-state index contributed by atoms with van der Waals surface area (Å²) in [6, 6.07) is 10.9. The summed E-state index contributed by atoms with van der Waals surface area (Å²) >= 11 is 1.04. The largest absolute Gasteiger partial charge is 0.377 e. The highest BCUT2D eigenvalue weighted by molar-refractivity contribution is 8.14. The number of nitrogens with zero attached hydrogens (tertiary/aromatic N) is 3. The van der Waals surface area contributed by atoms with Crippen LogP contribution >= 0.6 is 11.8 Å². The molecular formula is C11H13N5OS. The molecule has 1 amide bonds. The van der Waals surface area contributed by atoms with Crippen molar-refractivity contribution in [3.05, 3.63) is 30.3 Å². The van der Waals surface area contributed by atoms with E-state index in [9.17, 15) is 4.79 Å². The van der Waals surface area contributed by atoms with Crippen molar-refractivity contribution in [2.45, 2.75) is 0 Å². The molecule has 0 aliphatic carbocycles.